The van der Waals surface area contributed by atoms with E-state index in [0.717, 1.165) is 52.4 Å². The summed E-state index contributed by atoms with van der Waals surface area (Å²) < 4.78 is 44.0. The van der Waals surface area contributed by atoms with Crippen LogP contribution in [0.1, 0.15) is 0 Å². The largest absolute Gasteiger partial charge is 0.346 e. The Kier molecular flexibility index (Phi) is 3.37. The zero-order valence-electron chi connectivity index (χ0n) is 11.4. The molecule has 0 aromatic heterocycles. The molecule has 20 heavy (non-hydrogen) atoms. The number of hydrogen-bond donors (Lipinski definition) is 0. The summed E-state index contributed by atoms with van der Waals surface area (Å²) in [7, 11) is -5.54. The van der Waals surface area contributed by atoms with Crippen molar-refractivity contribution in [1.29, 1.82) is 0 Å². The fourth-order valence-corrected chi connectivity index (χ4v) is 6.56. The number of nitrogens with zero attached hydrogens (tertiary/aromatic N) is 4. The second-order valence-electron chi connectivity index (χ2n) is 5.46. The Balaban J connectivity index is 1.28. The molecule has 4 fully saturated rings. The minimum Gasteiger partial charge on any atom is -0.303 e. The van der Waals surface area contributed by atoms with Crippen molar-refractivity contribution >= 4 is 15.3 Å². The second-order valence-corrected chi connectivity index (χ2v) is 10.2. The van der Waals surface area contributed by atoms with Gasteiger partial charge in [0.05, 0.1) is 13.2 Å². The van der Waals surface area contributed by atoms with Crippen LogP contribution in [0.4, 0.5) is 0 Å². The average Bonchev–Trinajstić information content (AvgIpc) is 3.31. The molecule has 0 amide bonds. The van der Waals surface area contributed by atoms with Crippen molar-refractivity contribution in [3.05, 3.63) is 0 Å². The molecule has 114 valence electrons. The van der Waals surface area contributed by atoms with Crippen LogP contribution in [0.5, 0.6) is 0 Å². The van der Waals surface area contributed by atoms with Crippen LogP contribution in [0.25, 0.3) is 0 Å². The summed E-state index contributed by atoms with van der Waals surface area (Å²) in [4.78, 5) is 0. The van der Waals surface area contributed by atoms with E-state index in [-0.39, 0.29) is 13.2 Å². The fraction of sp³-hybridized carbons (Fsp3) is 1.00. The van der Waals surface area contributed by atoms with Crippen LogP contribution in [0.15, 0.2) is 0 Å². The molecule has 0 spiro atoms. The Labute approximate surface area is 118 Å². The van der Waals surface area contributed by atoms with Crippen LogP contribution in [0.3, 0.4) is 0 Å². The van der Waals surface area contributed by atoms with Crippen molar-refractivity contribution < 1.29 is 18.2 Å². The van der Waals surface area contributed by atoms with Gasteiger partial charge in [0.15, 0.2) is 0 Å². The normalized spacial score (nSPS) is 27.8. The summed E-state index contributed by atoms with van der Waals surface area (Å²) in [5.41, 5.74) is 0. The van der Waals surface area contributed by atoms with Crippen LogP contribution < -0.4 is 0 Å². The van der Waals surface area contributed by atoms with E-state index < -0.39 is 15.3 Å². The molecular weight excluding hydrogens is 302 g/mol. The van der Waals surface area contributed by atoms with E-state index in [0.29, 0.717) is 0 Å². The van der Waals surface area contributed by atoms with Gasteiger partial charge in [-0.3, -0.25) is 9.13 Å². The number of rotatable bonds is 9. The summed E-state index contributed by atoms with van der Waals surface area (Å²) in [5, 5.41) is 0. The van der Waals surface area contributed by atoms with Crippen LogP contribution >= 0.6 is 15.3 Å². The van der Waals surface area contributed by atoms with Gasteiger partial charge in [-0.15, -0.1) is 0 Å². The maximum absolute atomic E-state index is 12.6. The first-order valence-electron chi connectivity index (χ1n) is 7.14. The molecule has 0 atom stereocenters. The lowest BCUT2D eigenvalue weighted by molar-refractivity contribution is 0.189. The standard InChI is InChI=1S/C10H20N4O4P2/c15-19(11-1-2-11,12-3-4-12)17-9-10-18-20(16,13-5-6-13)14-7-8-14/h1-10H2. The molecule has 0 aromatic carbocycles. The third-order valence-electron chi connectivity index (χ3n) is 3.73. The van der Waals surface area contributed by atoms with E-state index in [9.17, 15) is 9.13 Å². The van der Waals surface area contributed by atoms with Crippen LogP contribution in [0.2, 0.25) is 0 Å². The first kappa shape index (κ1) is 13.9. The van der Waals surface area contributed by atoms with Gasteiger partial charge < -0.3 is 9.05 Å². The van der Waals surface area contributed by atoms with Crippen molar-refractivity contribution in [3.8, 4) is 0 Å². The van der Waals surface area contributed by atoms with Crippen molar-refractivity contribution in [2.24, 2.45) is 0 Å². The molecule has 0 saturated carbocycles. The van der Waals surface area contributed by atoms with Gasteiger partial charge in [-0.05, 0) is 0 Å². The average molecular weight is 322 g/mol. The highest BCUT2D eigenvalue weighted by atomic mass is 31.2. The van der Waals surface area contributed by atoms with Gasteiger partial charge in [0.1, 0.15) is 0 Å². The Morgan fingerprint density at radius 1 is 0.600 bits per heavy atom. The third-order valence-corrected chi connectivity index (χ3v) is 9.22. The third kappa shape index (κ3) is 2.64. The van der Waals surface area contributed by atoms with E-state index in [1.54, 1.807) is 0 Å². The highest BCUT2D eigenvalue weighted by Crippen LogP contribution is 2.62. The molecule has 4 rings (SSSR count). The lowest BCUT2D eigenvalue weighted by Gasteiger charge is -2.22. The van der Waals surface area contributed by atoms with E-state index >= 15 is 0 Å². The minimum atomic E-state index is -2.77. The first-order chi connectivity index (χ1) is 9.63. The van der Waals surface area contributed by atoms with Crippen molar-refractivity contribution in [2.45, 2.75) is 0 Å². The molecule has 4 saturated heterocycles. The molecular formula is C10H20N4O4P2. The zero-order valence-corrected chi connectivity index (χ0v) is 13.2. The van der Waals surface area contributed by atoms with E-state index in [2.05, 4.69) is 0 Å². The minimum absolute atomic E-state index is 0.232. The van der Waals surface area contributed by atoms with Crippen molar-refractivity contribution in [2.75, 3.05) is 65.6 Å². The second kappa shape index (κ2) is 4.86. The lowest BCUT2D eigenvalue weighted by Crippen LogP contribution is -2.14. The predicted octanol–water partition coefficient (Wildman–Crippen LogP) is 0.498. The van der Waals surface area contributed by atoms with Gasteiger partial charge in [0.2, 0.25) is 0 Å². The maximum atomic E-state index is 12.6. The Hall–Kier alpha value is 0.220. The van der Waals surface area contributed by atoms with Gasteiger partial charge in [-0.2, -0.15) is 0 Å². The molecule has 0 unspecified atom stereocenters. The summed E-state index contributed by atoms with van der Waals surface area (Å²) in [6, 6.07) is 0. The summed E-state index contributed by atoms with van der Waals surface area (Å²) >= 11 is 0. The predicted molar refractivity (Wildman–Crippen MR) is 73.4 cm³/mol. The van der Waals surface area contributed by atoms with Crippen LogP contribution in [-0.4, -0.2) is 84.3 Å². The fourth-order valence-electron chi connectivity index (χ4n) is 2.19. The molecule has 10 heteroatoms. The monoisotopic (exact) mass is 322 g/mol. The van der Waals surface area contributed by atoms with Gasteiger partial charge >= 0.3 is 15.3 Å². The van der Waals surface area contributed by atoms with E-state index in [1.165, 1.54) is 0 Å². The smallest absolute Gasteiger partial charge is 0.303 e. The van der Waals surface area contributed by atoms with E-state index in [4.69, 9.17) is 9.05 Å². The quantitative estimate of drug-likeness (QED) is 0.345. The van der Waals surface area contributed by atoms with Crippen molar-refractivity contribution in [3.63, 3.8) is 0 Å². The van der Waals surface area contributed by atoms with Crippen LogP contribution in [-0.2, 0) is 18.2 Å². The zero-order chi connectivity index (χ0) is 13.8. The van der Waals surface area contributed by atoms with Gasteiger partial charge in [0.25, 0.3) is 0 Å². The van der Waals surface area contributed by atoms with Gasteiger partial charge in [-0.1, -0.05) is 0 Å². The molecule has 0 bridgehead atoms. The molecule has 0 N–H and O–H groups in total. The Bertz CT molecular complexity index is 412. The maximum Gasteiger partial charge on any atom is 0.346 e. The number of hydrogen-bond acceptors (Lipinski definition) is 4. The molecule has 0 radical (unpaired) electrons. The summed E-state index contributed by atoms with van der Waals surface area (Å²) in [6.45, 7) is 7.20. The Morgan fingerprint density at radius 3 is 1.05 bits per heavy atom. The highest BCUT2D eigenvalue weighted by Gasteiger charge is 2.51. The Morgan fingerprint density at radius 2 is 0.850 bits per heavy atom. The highest BCUT2D eigenvalue weighted by molar-refractivity contribution is 7.55. The molecule has 0 aromatic rings. The summed E-state index contributed by atoms with van der Waals surface area (Å²) in [5.74, 6) is 0. The van der Waals surface area contributed by atoms with Gasteiger partial charge in [0, 0.05) is 52.4 Å². The molecule has 4 heterocycles. The molecule has 0 aliphatic carbocycles. The summed E-state index contributed by atoms with van der Waals surface area (Å²) in [6.07, 6.45) is 0. The van der Waals surface area contributed by atoms with E-state index in [1.807, 2.05) is 18.7 Å². The van der Waals surface area contributed by atoms with Crippen LogP contribution in [0, 0.1) is 0 Å². The SMILES string of the molecule is O=P(OCCOP(=O)(N1CC1)N1CC1)(N1CC1)N1CC1. The molecule has 4 aliphatic heterocycles. The van der Waals surface area contributed by atoms with Gasteiger partial charge in [-0.25, -0.2) is 18.7 Å². The lowest BCUT2D eigenvalue weighted by atomic mass is 10.8. The first-order valence-corrected chi connectivity index (χ1v) is 10.2. The molecule has 4 aliphatic rings. The van der Waals surface area contributed by atoms with Crippen molar-refractivity contribution in [1.82, 2.24) is 18.7 Å². The molecule has 8 nitrogen and oxygen atoms in total. The topological polar surface area (TPSA) is 64.6 Å².